The fourth-order valence-corrected chi connectivity index (χ4v) is 3.42. The highest BCUT2D eigenvalue weighted by atomic mass is 32.2. The third-order valence-electron chi connectivity index (χ3n) is 3.65. The van der Waals surface area contributed by atoms with Crippen LogP contribution in [0.25, 0.3) is 0 Å². The summed E-state index contributed by atoms with van der Waals surface area (Å²) in [6.45, 7) is 5.99. The van der Waals surface area contributed by atoms with Crippen molar-refractivity contribution in [3.63, 3.8) is 0 Å². The Morgan fingerprint density at radius 3 is 2.32 bits per heavy atom. The van der Waals surface area contributed by atoms with Crippen LogP contribution in [0.5, 0.6) is 0 Å². The Bertz CT molecular complexity index is 721. The van der Waals surface area contributed by atoms with Crippen LogP contribution in [0.15, 0.2) is 47.4 Å². The van der Waals surface area contributed by atoms with Crippen molar-refractivity contribution in [2.45, 2.75) is 25.7 Å². The van der Waals surface area contributed by atoms with Gasteiger partial charge < -0.3 is 10.1 Å². The predicted molar refractivity (Wildman–Crippen MR) is 101 cm³/mol. The summed E-state index contributed by atoms with van der Waals surface area (Å²) in [4.78, 5) is 25.2. The average Bonchev–Trinajstić information content (AvgIpc) is 2.57. The lowest BCUT2D eigenvalue weighted by Crippen LogP contribution is -2.30. The minimum absolute atomic E-state index is 0.262. The zero-order chi connectivity index (χ0) is 18.2. The molecule has 0 fully saturated rings. The molecule has 0 atom stereocenters. The number of hydrogen-bond donors (Lipinski definition) is 1. The highest BCUT2D eigenvalue weighted by molar-refractivity contribution is 7.99. The van der Waals surface area contributed by atoms with Gasteiger partial charge in [-0.15, -0.1) is 11.8 Å². The van der Waals surface area contributed by atoms with E-state index in [1.807, 2.05) is 63.2 Å². The van der Waals surface area contributed by atoms with E-state index in [4.69, 9.17) is 4.74 Å². The topological polar surface area (TPSA) is 55.4 Å². The van der Waals surface area contributed by atoms with Crippen LogP contribution >= 0.6 is 11.8 Å². The molecule has 1 amide bonds. The first kappa shape index (κ1) is 19.1. The molecular formula is C20H23NO3S. The van der Waals surface area contributed by atoms with Crippen molar-refractivity contribution in [2.24, 2.45) is 0 Å². The monoisotopic (exact) mass is 357 g/mol. The van der Waals surface area contributed by atoms with Gasteiger partial charge in [-0.2, -0.15) is 0 Å². The zero-order valence-corrected chi connectivity index (χ0v) is 15.6. The van der Waals surface area contributed by atoms with E-state index in [-0.39, 0.29) is 12.5 Å². The van der Waals surface area contributed by atoms with E-state index in [0.717, 1.165) is 27.3 Å². The molecule has 2 rings (SSSR count). The number of hydrogen-bond acceptors (Lipinski definition) is 4. The molecule has 2 aromatic carbocycles. The first-order valence-electron chi connectivity index (χ1n) is 8.17. The third-order valence-corrected chi connectivity index (χ3v) is 4.67. The van der Waals surface area contributed by atoms with Crippen molar-refractivity contribution in [2.75, 3.05) is 18.9 Å². The summed E-state index contributed by atoms with van der Waals surface area (Å²) in [5, 5.41) is 2.76. The van der Waals surface area contributed by atoms with Gasteiger partial charge in [0.25, 0.3) is 5.91 Å². The number of ether oxygens (including phenoxy) is 1. The molecule has 0 heterocycles. The molecule has 4 nitrogen and oxygen atoms in total. The summed E-state index contributed by atoms with van der Waals surface area (Å²) in [6, 6.07) is 13.9. The summed E-state index contributed by atoms with van der Waals surface area (Å²) in [6.07, 6.45) is 0. The average molecular weight is 357 g/mol. The summed E-state index contributed by atoms with van der Waals surface area (Å²) >= 11 is 1.67. The van der Waals surface area contributed by atoms with Crippen LogP contribution in [0.4, 0.5) is 0 Å². The molecule has 0 aliphatic carbocycles. The molecule has 1 N–H and O–H groups in total. The summed E-state index contributed by atoms with van der Waals surface area (Å²) < 4.78 is 5.15. The second-order valence-corrected chi connectivity index (χ2v) is 7.03. The molecule has 132 valence electrons. The Balaban J connectivity index is 1.74. The van der Waals surface area contributed by atoms with Gasteiger partial charge in [-0.25, -0.2) is 4.79 Å². The molecule has 25 heavy (non-hydrogen) atoms. The normalized spacial score (nSPS) is 10.4. The number of nitrogens with one attached hydrogen (secondary N) is 1. The molecule has 0 aliphatic rings. The molecule has 0 aromatic heterocycles. The van der Waals surface area contributed by atoms with Gasteiger partial charge in [0.15, 0.2) is 6.61 Å². The molecule has 2 aromatic rings. The molecule has 0 radical (unpaired) electrons. The number of esters is 1. The van der Waals surface area contributed by atoms with Gasteiger partial charge in [0.05, 0.1) is 5.56 Å². The van der Waals surface area contributed by atoms with E-state index >= 15 is 0 Å². The molecule has 0 spiro atoms. The van der Waals surface area contributed by atoms with Crippen LogP contribution in [0, 0.1) is 20.8 Å². The maximum Gasteiger partial charge on any atom is 0.339 e. The van der Waals surface area contributed by atoms with Crippen LogP contribution in [0.3, 0.4) is 0 Å². The smallest absolute Gasteiger partial charge is 0.339 e. The Kier molecular flexibility index (Phi) is 7.07. The van der Waals surface area contributed by atoms with Gasteiger partial charge in [0.1, 0.15) is 0 Å². The van der Waals surface area contributed by atoms with Gasteiger partial charge in [-0.05, 0) is 44.0 Å². The summed E-state index contributed by atoms with van der Waals surface area (Å²) in [5.41, 5.74) is 3.36. The van der Waals surface area contributed by atoms with Crippen molar-refractivity contribution in [3.05, 3.63) is 64.7 Å². The van der Waals surface area contributed by atoms with Gasteiger partial charge >= 0.3 is 5.97 Å². The zero-order valence-electron chi connectivity index (χ0n) is 14.8. The van der Waals surface area contributed by atoms with Crippen LogP contribution in [-0.2, 0) is 9.53 Å². The number of amides is 1. The number of rotatable bonds is 7. The molecule has 0 saturated carbocycles. The van der Waals surface area contributed by atoms with Gasteiger partial charge in [-0.3, -0.25) is 4.79 Å². The number of carbonyl (C=O) groups excluding carboxylic acids is 2. The molecule has 0 saturated heterocycles. The number of thioether (sulfide) groups is 1. The van der Waals surface area contributed by atoms with Crippen molar-refractivity contribution in [3.8, 4) is 0 Å². The largest absolute Gasteiger partial charge is 0.452 e. The number of benzene rings is 2. The molecule has 5 heteroatoms. The first-order chi connectivity index (χ1) is 12.0. The lowest BCUT2D eigenvalue weighted by atomic mass is 10.00. The van der Waals surface area contributed by atoms with Gasteiger partial charge in [0, 0.05) is 17.2 Å². The highest BCUT2D eigenvalue weighted by Crippen LogP contribution is 2.17. The summed E-state index contributed by atoms with van der Waals surface area (Å²) in [5.74, 6) is 0.0214. The van der Waals surface area contributed by atoms with E-state index in [9.17, 15) is 9.59 Å². The predicted octanol–water partition coefficient (Wildman–Crippen LogP) is 3.68. The Morgan fingerprint density at radius 2 is 1.68 bits per heavy atom. The van der Waals surface area contributed by atoms with Crippen LogP contribution in [0.2, 0.25) is 0 Å². The lowest BCUT2D eigenvalue weighted by Gasteiger charge is -2.11. The van der Waals surface area contributed by atoms with E-state index in [2.05, 4.69) is 5.32 Å². The second kappa shape index (κ2) is 9.28. The molecular weight excluding hydrogens is 334 g/mol. The fraction of sp³-hybridized carbons (Fsp3) is 0.300. The van der Waals surface area contributed by atoms with E-state index in [0.29, 0.717) is 12.1 Å². The fourth-order valence-electron chi connectivity index (χ4n) is 2.63. The standard InChI is InChI=1S/C20H23NO3S/c1-14-11-15(2)19(16(3)12-14)20(23)24-13-18(22)21-9-10-25-17-7-5-4-6-8-17/h4-8,11-12H,9-10,13H2,1-3H3,(H,21,22). The Morgan fingerprint density at radius 1 is 1.04 bits per heavy atom. The maximum absolute atomic E-state index is 12.2. The minimum atomic E-state index is -0.455. The van der Waals surface area contributed by atoms with Gasteiger partial charge in [-0.1, -0.05) is 35.9 Å². The van der Waals surface area contributed by atoms with E-state index in [1.54, 1.807) is 11.8 Å². The van der Waals surface area contributed by atoms with Crippen molar-refractivity contribution < 1.29 is 14.3 Å². The van der Waals surface area contributed by atoms with Gasteiger partial charge in [0.2, 0.25) is 0 Å². The van der Waals surface area contributed by atoms with E-state index < -0.39 is 5.97 Å². The molecule has 0 aliphatic heterocycles. The molecule has 0 unspecified atom stereocenters. The number of aryl methyl sites for hydroxylation is 3. The van der Waals surface area contributed by atoms with Crippen LogP contribution in [0.1, 0.15) is 27.0 Å². The SMILES string of the molecule is Cc1cc(C)c(C(=O)OCC(=O)NCCSc2ccccc2)c(C)c1. The molecule has 0 bridgehead atoms. The third kappa shape index (κ3) is 5.94. The maximum atomic E-state index is 12.2. The number of carbonyl (C=O) groups is 2. The van der Waals surface area contributed by atoms with Crippen molar-refractivity contribution in [1.82, 2.24) is 5.32 Å². The lowest BCUT2D eigenvalue weighted by molar-refractivity contribution is -0.124. The van der Waals surface area contributed by atoms with E-state index in [1.165, 1.54) is 0 Å². The van der Waals surface area contributed by atoms with Crippen molar-refractivity contribution in [1.29, 1.82) is 0 Å². The van der Waals surface area contributed by atoms with Crippen LogP contribution < -0.4 is 5.32 Å². The van der Waals surface area contributed by atoms with Crippen molar-refractivity contribution >= 4 is 23.6 Å². The summed E-state index contributed by atoms with van der Waals surface area (Å²) in [7, 11) is 0. The first-order valence-corrected chi connectivity index (χ1v) is 9.15. The minimum Gasteiger partial charge on any atom is -0.452 e. The quantitative estimate of drug-likeness (QED) is 0.467. The van der Waals surface area contributed by atoms with Crippen LogP contribution in [-0.4, -0.2) is 30.8 Å². The Labute approximate surface area is 153 Å². The highest BCUT2D eigenvalue weighted by Gasteiger charge is 2.15. The second-order valence-electron chi connectivity index (χ2n) is 5.86. The Hall–Kier alpha value is -2.27.